The van der Waals surface area contributed by atoms with Gasteiger partial charge >= 0.3 is 0 Å². The molecule has 16 heavy (non-hydrogen) atoms. The van der Waals surface area contributed by atoms with Crippen molar-refractivity contribution in [1.29, 1.82) is 0 Å². The maximum Gasteiger partial charge on any atom is 0.258 e. The van der Waals surface area contributed by atoms with Crippen molar-refractivity contribution in [1.82, 2.24) is 5.32 Å². The summed E-state index contributed by atoms with van der Waals surface area (Å²) in [4.78, 5) is 22.6. The average molecular weight is 345 g/mol. The van der Waals surface area contributed by atoms with Crippen molar-refractivity contribution >= 4 is 49.2 Å². The minimum atomic E-state index is -0.376. The summed E-state index contributed by atoms with van der Waals surface area (Å²) < 4.78 is 1.57. The summed E-state index contributed by atoms with van der Waals surface area (Å²) in [5.74, 6) is -0.741. The van der Waals surface area contributed by atoms with Crippen LogP contribution in [0.1, 0.15) is 11.1 Å². The zero-order chi connectivity index (χ0) is 11.9. The molecular weight excluding hydrogens is 338 g/mol. The van der Waals surface area contributed by atoms with Crippen LogP contribution < -0.4 is 5.32 Å². The highest BCUT2D eigenvalue weighted by atomic mass is 79.9. The number of benzene rings is 1. The van der Waals surface area contributed by atoms with Gasteiger partial charge in [0.2, 0.25) is 0 Å². The summed E-state index contributed by atoms with van der Waals surface area (Å²) in [6.07, 6.45) is 1.31. The van der Waals surface area contributed by atoms with E-state index in [1.54, 1.807) is 0 Å². The van der Waals surface area contributed by atoms with Gasteiger partial charge in [-0.25, -0.2) is 0 Å². The van der Waals surface area contributed by atoms with Gasteiger partial charge in [-0.15, -0.1) is 0 Å². The second-order valence-electron chi connectivity index (χ2n) is 3.48. The van der Waals surface area contributed by atoms with E-state index in [2.05, 4.69) is 37.2 Å². The van der Waals surface area contributed by atoms with Crippen molar-refractivity contribution in [2.24, 2.45) is 0 Å². The van der Waals surface area contributed by atoms with Crippen LogP contribution in [0.4, 0.5) is 0 Å². The van der Waals surface area contributed by atoms with Crippen LogP contribution in [-0.2, 0) is 9.59 Å². The summed E-state index contributed by atoms with van der Waals surface area (Å²) in [5, 5.41) is 2.22. The topological polar surface area (TPSA) is 46.2 Å². The third-order valence-electron chi connectivity index (χ3n) is 2.21. The molecule has 2 amide bonds. The van der Waals surface area contributed by atoms with Crippen LogP contribution >= 0.6 is 31.9 Å². The Morgan fingerprint density at radius 1 is 1.12 bits per heavy atom. The van der Waals surface area contributed by atoms with Crippen molar-refractivity contribution < 1.29 is 9.59 Å². The molecule has 5 heteroatoms. The summed E-state index contributed by atoms with van der Waals surface area (Å²) in [6, 6.07) is 3.80. The van der Waals surface area contributed by atoms with Gasteiger partial charge in [-0.2, -0.15) is 0 Å². The molecule has 1 aliphatic heterocycles. The Labute approximate surface area is 109 Å². The van der Waals surface area contributed by atoms with Crippen LogP contribution in [0.3, 0.4) is 0 Å². The molecule has 0 radical (unpaired) electrons. The van der Waals surface area contributed by atoms with Crippen LogP contribution in [0.15, 0.2) is 27.2 Å². The lowest BCUT2D eigenvalue weighted by atomic mass is 10.0. The molecule has 1 aromatic carbocycles. The maximum absolute atomic E-state index is 11.5. The second-order valence-corrected chi connectivity index (χ2v) is 5.19. The zero-order valence-corrected chi connectivity index (χ0v) is 11.5. The number of carbonyl (C=O) groups is 2. The Hall–Kier alpha value is -0.940. The minimum Gasteiger partial charge on any atom is -0.289 e. The highest BCUT2D eigenvalue weighted by Crippen LogP contribution is 2.34. The first-order chi connectivity index (χ1) is 7.49. The predicted molar refractivity (Wildman–Crippen MR) is 67.7 cm³/mol. The van der Waals surface area contributed by atoms with E-state index >= 15 is 0 Å². The molecular formula is C11H7Br2NO2. The standard InChI is InChI=1S/C11H7Br2NO2/c1-5-2-7(12)10(8(13)3-5)6-4-9(15)14-11(6)16/h2-4H,1H3,(H,14,15,16). The van der Waals surface area contributed by atoms with E-state index in [0.717, 1.165) is 14.5 Å². The van der Waals surface area contributed by atoms with Gasteiger partial charge in [0.15, 0.2) is 0 Å². The average Bonchev–Trinajstić information content (AvgIpc) is 2.43. The summed E-state index contributed by atoms with van der Waals surface area (Å²) in [6.45, 7) is 1.95. The van der Waals surface area contributed by atoms with Gasteiger partial charge in [-0.3, -0.25) is 14.9 Å². The van der Waals surface area contributed by atoms with Gasteiger partial charge in [0, 0.05) is 20.6 Å². The van der Waals surface area contributed by atoms with Crippen molar-refractivity contribution in [2.75, 3.05) is 0 Å². The smallest absolute Gasteiger partial charge is 0.258 e. The molecule has 1 heterocycles. The number of imide groups is 1. The van der Waals surface area contributed by atoms with E-state index in [4.69, 9.17) is 0 Å². The van der Waals surface area contributed by atoms with Gasteiger partial charge in [-0.1, -0.05) is 31.9 Å². The predicted octanol–water partition coefficient (Wildman–Crippen LogP) is 2.56. The molecule has 82 valence electrons. The van der Waals surface area contributed by atoms with Gasteiger partial charge < -0.3 is 0 Å². The normalized spacial score (nSPS) is 15.1. The van der Waals surface area contributed by atoms with E-state index in [0.29, 0.717) is 11.1 Å². The number of carbonyl (C=O) groups excluding carboxylic acids is 2. The van der Waals surface area contributed by atoms with Crippen LogP contribution in [0.2, 0.25) is 0 Å². The third kappa shape index (κ3) is 1.97. The molecule has 0 fully saturated rings. The van der Waals surface area contributed by atoms with Crippen LogP contribution in [0, 0.1) is 6.92 Å². The van der Waals surface area contributed by atoms with Crippen molar-refractivity contribution in [3.8, 4) is 0 Å². The summed E-state index contributed by atoms with van der Waals surface area (Å²) >= 11 is 6.79. The van der Waals surface area contributed by atoms with Crippen LogP contribution in [0.5, 0.6) is 0 Å². The first kappa shape index (κ1) is 11.5. The first-order valence-corrected chi connectivity index (χ1v) is 6.10. The van der Waals surface area contributed by atoms with E-state index < -0.39 is 0 Å². The first-order valence-electron chi connectivity index (χ1n) is 4.52. The van der Waals surface area contributed by atoms with E-state index in [1.165, 1.54) is 6.08 Å². The SMILES string of the molecule is Cc1cc(Br)c(C2=CC(=O)NC2=O)c(Br)c1. The van der Waals surface area contributed by atoms with Gasteiger partial charge in [0.1, 0.15) is 0 Å². The van der Waals surface area contributed by atoms with Gasteiger partial charge in [-0.05, 0) is 24.6 Å². The fourth-order valence-corrected chi connectivity index (χ4v) is 3.40. The van der Waals surface area contributed by atoms with Crippen molar-refractivity contribution in [2.45, 2.75) is 6.92 Å². The number of rotatable bonds is 1. The fraction of sp³-hybridized carbons (Fsp3) is 0.0909. The van der Waals surface area contributed by atoms with E-state index in [-0.39, 0.29) is 11.8 Å². The second kappa shape index (κ2) is 4.14. The molecule has 0 saturated carbocycles. The van der Waals surface area contributed by atoms with Gasteiger partial charge in [0.25, 0.3) is 11.8 Å². The number of hydrogen-bond acceptors (Lipinski definition) is 2. The number of amides is 2. The van der Waals surface area contributed by atoms with Crippen LogP contribution in [0.25, 0.3) is 5.57 Å². The fourth-order valence-electron chi connectivity index (χ4n) is 1.55. The number of nitrogens with one attached hydrogen (secondary N) is 1. The number of halogens is 2. The lowest BCUT2D eigenvalue weighted by Crippen LogP contribution is -2.21. The van der Waals surface area contributed by atoms with Crippen molar-refractivity contribution in [3.05, 3.63) is 38.3 Å². The molecule has 0 aromatic heterocycles. The molecule has 0 aliphatic carbocycles. The van der Waals surface area contributed by atoms with Gasteiger partial charge in [0.05, 0.1) is 5.57 Å². The molecule has 2 rings (SSSR count). The van der Waals surface area contributed by atoms with E-state index in [1.807, 2.05) is 19.1 Å². The monoisotopic (exact) mass is 343 g/mol. The number of hydrogen-bond donors (Lipinski definition) is 1. The quantitative estimate of drug-likeness (QED) is 0.796. The summed E-state index contributed by atoms with van der Waals surface area (Å²) in [7, 11) is 0. The lowest BCUT2D eigenvalue weighted by molar-refractivity contribution is -0.123. The zero-order valence-electron chi connectivity index (χ0n) is 8.30. The molecule has 0 atom stereocenters. The molecule has 0 saturated heterocycles. The Balaban J connectivity index is 2.61. The Morgan fingerprint density at radius 2 is 1.69 bits per heavy atom. The summed E-state index contributed by atoms with van der Waals surface area (Å²) in [5.41, 5.74) is 2.14. The molecule has 0 spiro atoms. The largest absolute Gasteiger partial charge is 0.289 e. The molecule has 3 nitrogen and oxygen atoms in total. The lowest BCUT2D eigenvalue weighted by Gasteiger charge is -2.08. The van der Waals surface area contributed by atoms with E-state index in [9.17, 15) is 9.59 Å². The molecule has 0 bridgehead atoms. The minimum absolute atomic E-state index is 0.366. The number of aryl methyl sites for hydroxylation is 1. The Morgan fingerprint density at radius 3 is 2.12 bits per heavy atom. The molecule has 1 aliphatic rings. The molecule has 1 aromatic rings. The highest BCUT2D eigenvalue weighted by molar-refractivity contribution is 9.11. The van der Waals surface area contributed by atoms with Crippen molar-refractivity contribution in [3.63, 3.8) is 0 Å². The highest BCUT2D eigenvalue weighted by Gasteiger charge is 2.25. The Kier molecular flexibility index (Phi) is 2.99. The third-order valence-corrected chi connectivity index (χ3v) is 3.46. The molecule has 1 N–H and O–H groups in total. The van der Waals surface area contributed by atoms with Crippen LogP contribution in [-0.4, -0.2) is 11.8 Å². The molecule has 0 unspecified atom stereocenters. The maximum atomic E-state index is 11.5. The Bertz CT molecular complexity index is 512.